The van der Waals surface area contributed by atoms with Gasteiger partial charge in [-0.1, -0.05) is 30.3 Å². The maximum absolute atomic E-state index is 12.7. The molecule has 2 heterocycles. The Kier molecular flexibility index (Phi) is 7.45. The molecule has 0 aliphatic carbocycles. The smallest absolute Gasteiger partial charge is 0.243 e. The molecule has 2 saturated heterocycles. The first kappa shape index (κ1) is 23.4. The lowest BCUT2D eigenvalue weighted by Gasteiger charge is -2.31. The molecule has 7 nitrogen and oxygen atoms in total. The Morgan fingerprint density at radius 3 is 2.15 bits per heavy atom. The Hall–Kier alpha value is -2.71. The predicted octanol–water partition coefficient (Wildman–Crippen LogP) is 3.28. The van der Waals surface area contributed by atoms with Gasteiger partial charge in [0.2, 0.25) is 21.8 Å². The molecule has 0 bridgehead atoms. The van der Waals surface area contributed by atoms with Gasteiger partial charge in [0.15, 0.2) is 0 Å². The van der Waals surface area contributed by atoms with Crippen molar-refractivity contribution in [2.24, 2.45) is 5.92 Å². The molecule has 2 fully saturated rings. The summed E-state index contributed by atoms with van der Waals surface area (Å²) >= 11 is 0. The Morgan fingerprint density at radius 2 is 1.52 bits per heavy atom. The number of anilines is 1. The number of benzene rings is 2. The van der Waals surface area contributed by atoms with E-state index >= 15 is 0 Å². The highest BCUT2D eigenvalue weighted by molar-refractivity contribution is 7.89. The van der Waals surface area contributed by atoms with Crippen molar-refractivity contribution in [3.8, 4) is 0 Å². The molecule has 2 aliphatic heterocycles. The number of rotatable bonds is 7. The van der Waals surface area contributed by atoms with Crippen molar-refractivity contribution >= 4 is 27.5 Å². The predicted molar refractivity (Wildman–Crippen MR) is 127 cm³/mol. The number of nitrogens with one attached hydrogen (secondary N) is 1. The van der Waals surface area contributed by atoms with Crippen LogP contribution in [0.3, 0.4) is 0 Å². The second kappa shape index (κ2) is 10.5. The van der Waals surface area contributed by atoms with Crippen LogP contribution in [0.2, 0.25) is 0 Å². The van der Waals surface area contributed by atoms with E-state index in [1.165, 1.54) is 4.31 Å². The molecule has 2 amide bonds. The Morgan fingerprint density at radius 1 is 0.879 bits per heavy atom. The zero-order chi connectivity index (χ0) is 23.3. The van der Waals surface area contributed by atoms with E-state index in [2.05, 4.69) is 5.32 Å². The number of piperidine rings is 1. The van der Waals surface area contributed by atoms with Gasteiger partial charge in [-0.05, 0) is 61.9 Å². The number of carbonyl (C=O) groups excluding carboxylic acids is 2. The third-order valence-electron chi connectivity index (χ3n) is 6.51. The van der Waals surface area contributed by atoms with Gasteiger partial charge in [0, 0.05) is 44.2 Å². The maximum atomic E-state index is 12.7. The van der Waals surface area contributed by atoms with Gasteiger partial charge in [0.1, 0.15) is 0 Å². The third kappa shape index (κ3) is 5.81. The van der Waals surface area contributed by atoms with Gasteiger partial charge in [-0.2, -0.15) is 4.31 Å². The van der Waals surface area contributed by atoms with Gasteiger partial charge in [-0.3, -0.25) is 9.59 Å². The highest BCUT2D eigenvalue weighted by atomic mass is 32.2. The van der Waals surface area contributed by atoms with E-state index in [9.17, 15) is 18.0 Å². The highest BCUT2D eigenvalue weighted by Gasteiger charge is 2.28. The first-order valence-corrected chi connectivity index (χ1v) is 13.1. The molecule has 2 aromatic carbocycles. The van der Waals surface area contributed by atoms with Gasteiger partial charge in [-0.25, -0.2) is 8.42 Å². The van der Waals surface area contributed by atoms with E-state index in [4.69, 9.17) is 0 Å². The van der Waals surface area contributed by atoms with Gasteiger partial charge in [0.25, 0.3) is 0 Å². The Bertz CT molecular complexity index is 1060. The Balaban J connectivity index is 1.23. The number of amides is 2. The normalized spacial score (nSPS) is 17.8. The Labute approximate surface area is 195 Å². The van der Waals surface area contributed by atoms with Crippen LogP contribution < -0.4 is 5.32 Å². The molecule has 176 valence electrons. The van der Waals surface area contributed by atoms with Crippen molar-refractivity contribution in [3.05, 3.63) is 60.2 Å². The lowest BCUT2D eigenvalue weighted by atomic mass is 9.95. The van der Waals surface area contributed by atoms with Crippen LogP contribution in [0.5, 0.6) is 0 Å². The fourth-order valence-electron chi connectivity index (χ4n) is 4.47. The molecule has 8 heteroatoms. The van der Waals surface area contributed by atoms with Crippen molar-refractivity contribution in [2.75, 3.05) is 31.5 Å². The number of hydrogen-bond acceptors (Lipinski definition) is 4. The maximum Gasteiger partial charge on any atom is 0.243 e. The van der Waals surface area contributed by atoms with Crippen molar-refractivity contribution in [1.82, 2.24) is 9.21 Å². The molecule has 2 aromatic rings. The molecule has 0 radical (unpaired) electrons. The van der Waals surface area contributed by atoms with Crippen molar-refractivity contribution in [1.29, 1.82) is 0 Å². The number of aryl methyl sites for hydroxylation is 1. The number of nitrogens with zero attached hydrogens (tertiary/aromatic N) is 2. The van der Waals surface area contributed by atoms with E-state index in [1.54, 1.807) is 24.3 Å². The van der Waals surface area contributed by atoms with Crippen LogP contribution in [-0.2, 0) is 26.0 Å². The SMILES string of the molecule is O=C(Nc1ccccc1)C1CCN(C(=O)CCc2ccc(S(=O)(=O)N3CCCC3)cc2)CC1. The fraction of sp³-hybridized carbons (Fsp3) is 0.440. The lowest BCUT2D eigenvalue weighted by Crippen LogP contribution is -2.41. The van der Waals surface area contributed by atoms with Gasteiger partial charge >= 0.3 is 0 Å². The molecular formula is C25H31N3O4S. The molecule has 2 aliphatic rings. The van der Waals surface area contributed by atoms with Gasteiger partial charge < -0.3 is 10.2 Å². The van der Waals surface area contributed by atoms with Crippen molar-refractivity contribution in [3.63, 3.8) is 0 Å². The number of hydrogen-bond donors (Lipinski definition) is 1. The molecule has 0 unspecified atom stereocenters. The summed E-state index contributed by atoms with van der Waals surface area (Å²) in [5, 5.41) is 2.95. The molecule has 0 aromatic heterocycles. The van der Waals surface area contributed by atoms with Crippen molar-refractivity contribution in [2.45, 2.75) is 43.4 Å². The molecule has 0 saturated carbocycles. The summed E-state index contributed by atoms with van der Waals surface area (Å²) in [6.45, 7) is 2.34. The van der Waals surface area contributed by atoms with E-state index < -0.39 is 10.0 Å². The minimum atomic E-state index is -3.41. The first-order valence-electron chi connectivity index (χ1n) is 11.7. The second-order valence-electron chi connectivity index (χ2n) is 8.77. The average molecular weight is 470 g/mol. The quantitative estimate of drug-likeness (QED) is 0.674. The molecule has 33 heavy (non-hydrogen) atoms. The van der Waals surface area contributed by atoms with Crippen LogP contribution in [0.25, 0.3) is 0 Å². The van der Waals surface area contributed by atoms with E-state index in [0.29, 0.717) is 56.8 Å². The minimum Gasteiger partial charge on any atom is -0.343 e. The summed E-state index contributed by atoms with van der Waals surface area (Å²) in [5.74, 6) is 0.00214. The van der Waals surface area contributed by atoms with E-state index in [-0.39, 0.29) is 17.7 Å². The molecule has 1 N–H and O–H groups in total. The summed E-state index contributed by atoms with van der Waals surface area (Å²) in [4.78, 5) is 27.3. The number of sulfonamides is 1. The fourth-order valence-corrected chi connectivity index (χ4v) is 5.99. The van der Waals surface area contributed by atoms with Gasteiger partial charge in [-0.15, -0.1) is 0 Å². The van der Waals surface area contributed by atoms with Crippen LogP contribution in [0, 0.1) is 5.92 Å². The second-order valence-corrected chi connectivity index (χ2v) is 10.7. The summed E-state index contributed by atoms with van der Waals surface area (Å²) < 4.78 is 26.8. The number of para-hydroxylation sites is 1. The zero-order valence-corrected chi connectivity index (χ0v) is 19.6. The van der Waals surface area contributed by atoms with E-state index in [1.807, 2.05) is 35.2 Å². The molecule has 0 spiro atoms. The molecule has 0 atom stereocenters. The summed E-state index contributed by atoms with van der Waals surface area (Å²) in [5.41, 5.74) is 1.74. The first-order chi connectivity index (χ1) is 15.9. The minimum absolute atomic E-state index is 0.0114. The summed E-state index contributed by atoms with van der Waals surface area (Å²) in [6.07, 6.45) is 4.08. The highest BCUT2D eigenvalue weighted by Crippen LogP contribution is 2.23. The van der Waals surface area contributed by atoms with Crippen molar-refractivity contribution < 1.29 is 18.0 Å². The lowest BCUT2D eigenvalue weighted by molar-refractivity contribution is -0.134. The van der Waals surface area contributed by atoms with Gasteiger partial charge in [0.05, 0.1) is 4.90 Å². The monoisotopic (exact) mass is 469 g/mol. The average Bonchev–Trinajstić information content (AvgIpc) is 3.40. The third-order valence-corrected chi connectivity index (χ3v) is 8.43. The number of carbonyl (C=O) groups is 2. The van der Waals surface area contributed by atoms with Crippen LogP contribution >= 0.6 is 0 Å². The molecular weight excluding hydrogens is 438 g/mol. The topological polar surface area (TPSA) is 86.8 Å². The zero-order valence-electron chi connectivity index (χ0n) is 18.8. The van der Waals surface area contributed by atoms with Crippen LogP contribution in [-0.4, -0.2) is 55.6 Å². The van der Waals surface area contributed by atoms with Crippen LogP contribution in [0.4, 0.5) is 5.69 Å². The van der Waals surface area contributed by atoms with Crippen LogP contribution in [0.1, 0.15) is 37.7 Å². The summed E-state index contributed by atoms with van der Waals surface area (Å²) in [7, 11) is -3.41. The van der Waals surface area contributed by atoms with E-state index in [0.717, 1.165) is 24.1 Å². The largest absolute Gasteiger partial charge is 0.343 e. The molecule has 4 rings (SSSR count). The summed E-state index contributed by atoms with van der Waals surface area (Å²) in [6, 6.07) is 16.3. The van der Waals surface area contributed by atoms with Crippen LogP contribution in [0.15, 0.2) is 59.5 Å². The standard InChI is InChI=1S/C25H31N3O4S/c29-24(27-18-14-21(15-19-27)25(30)26-22-6-2-1-3-7-22)13-10-20-8-11-23(12-9-20)33(31,32)28-16-4-5-17-28/h1-3,6-9,11-12,21H,4-5,10,13-19H2,(H,26,30). The number of likely N-dealkylation sites (tertiary alicyclic amines) is 1.